The minimum absolute atomic E-state index is 0.0317. The van der Waals surface area contributed by atoms with Crippen molar-refractivity contribution in [2.24, 2.45) is 5.92 Å². The SMILES string of the molecule is CC(C)n1cnc(S(=O)(=O)N2CCC[C@@H](C(=O)Nc3cccc(Br)c3)C2)c1. The number of piperidine rings is 1. The summed E-state index contributed by atoms with van der Waals surface area (Å²) in [5.74, 6) is -0.555. The first-order valence-electron chi connectivity index (χ1n) is 8.87. The number of sulfonamides is 1. The van der Waals surface area contributed by atoms with E-state index in [1.807, 2.05) is 32.0 Å². The third-order valence-electron chi connectivity index (χ3n) is 4.63. The van der Waals surface area contributed by atoms with Crippen molar-refractivity contribution in [3.05, 3.63) is 41.3 Å². The highest BCUT2D eigenvalue weighted by Crippen LogP contribution is 2.25. The smallest absolute Gasteiger partial charge is 0.262 e. The molecule has 1 N–H and O–H groups in total. The van der Waals surface area contributed by atoms with E-state index in [4.69, 9.17) is 0 Å². The minimum Gasteiger partial charge on any atom is -0.334 e. The molecule has 1 fully saturated rings. The van der Waals surface area contributed by atoms with Crippen molar-refractivity contribution in [2.75, 3.05) is 18.4 Å². The average molecular weight is 455 g/mol. The van der Waals surface area contributed by atoms with Crippen molar-refractivity contribution in [1.29, 1.82) is 0 Å². The Morgan fingerprint density at radius 1 is 1.37 bits per heavy atom. The van der Waals surface area contributed by atoms with Gasteiger partial charge >= 0.3 is 0 Å². The van der Waals surface area contributed by atoms with Crippen LogP contribution >= 0.6 is 15.9 Å². The fraction of sp³-hybridized carbons (Fsp3) is 0.444. The van der Waals surface area contributed by atoms with Crippen LogP contribution in [0.25, 0.3) is 0 Å². The zero-order valence-electron chi connectivity index (χ0n) is 15.3. The Morgan fingerprint density at radius 3 is 2.81 bits per heavy atom. The Kier molecular flexibility index (Phi) is 6.02. The van der Waals surface area contributed by atoms with E-state index in [-0.39, 0.29) is 29.4 Å². The van der Waals surface area contributed by atoms with Gasteiger partial charge in [-0.1, -0.05) is 22.0 Å². The van der Waals surface area contributed by atoms with Gasteiger partial charge in [0, 0.05) is 35.5 Å². The van der Waals surface area contributed by atoms with E-state index in [0.29, 0.717) is 25.1 Å². The molecule has 0 saturated carbocycles. The number of hydrogen-bond donors (Lipinski definition) is 1. The number of rotatable bonds is 5. The minimum atomic E-state index is -3.71. The third-order valence-corrected chi connectivity index (χ3v) is 6.87. The van der Waals surface area contributed by atoms with Crippen molar-refractivity contribution in [1.82, 2.24) is 13.9 Å². The van der Waals surface area contributed by atoms with E-state index in [1.54, 1.807) is 16.8 Å². The van der Waals surface area contributed by atoms with Crippen LogP contribution in [0.1, 0.15) is 32.7 Å². The van der Waals surface area contributed by atoms with Crippen LogP contribution in [0.3, 0.4) is 0 Å². The van der Waals surface area contributed by atoms with E-state index in [9.17, 15) is 13.2 Å². The van der Waals surface area contributed by atoms with Gasteiger partial charge in [-0.25, -0.2) is 13.4 Å². The Morgan fingerprint density at radius 2 is 2.15 bits per heavy atom. The molecule has 0 radical (unpaired) electrons. The summed E-state index contributed by atoms with van der Waals surface area (Å²) in [4.78, 5) is 16.7. The number of halogens is 1. The van der Waals surface area contributed by atoms with E-state index in [2.05, 4.69) is 26.2 Å². The first kappa shape index (κ1) is 20.0. The van der Waals surface area contributed by atoms with Crippen LogP contribution in [0.5, 0.6) is 0 Å². The number of benzene rings is 1. The molecule has 7 nitrogen and oxygen atoms in total. The highest BCUT2D eigenvalue weighted by atomic mass is 79.9. The number of carbonyl (C=O) groups is 1. The molecule has 1 atom stereocenters. The van der Waals surface area contributed by atoms with Gasteiger partial charge < -0.3 is 9.88 Å². The maximum absolute atomic E-state index is 12.9. The van der Waals surface area contributed by atoms with Gasteiger partial charge in [0.15, 0.2) is 5.03 Å². The molecule has 3 rings (SSSR count). The van der Waals surface area contributed by atoms with Crippen LogP contribution in [0.2, 0.25) is 0 Å². The summed E-state index contributed by atoms with van der Waals surface area (Å²) in [6, 6.07) is 7.46. The average Bonchev–Trinajstić information content (AvgIpc) is 3.13. The molecule has 0 spiro atoms. The third kappa shape index (κ3) is 4.59. The first-order chi connectivity index (χ1) is 12.8. The summed E-state index contributed by atoms with van der Waals surface area (Å²) >= 11 is 3.37. The van der Waals surface area contributed by atoms with E-state index in [0.717, 1.165) is 4.47 Å². The molecule has 1 aliphatic heterocycles. The second kappa shape index (κ2) is 8.12. The molecular weight excluding hydrogens is 432 g/mol. The number of imidazole rings is 1. The monoisotopic (exact) mass is 454 g/mol. The van der Waals surface area contributed by atoms with E-state index in [1.165, 1.54) is 10.6 Å². The molecule has 0 bridgehead atoms. The largest absolute Gasteiger partial charge is 0.334 e. The predicted molar refractivity (Wildman–Crippen MR) is 107 cm³/mol. The fourth-order valence-corrected chi connectivity index (χ4v) is 4.90. The lowest BCUT2D eigenvalue weighted by atomic mass is 9.99. The van der Waals surface area contributed by atoms with Crippen molar-refractivity contribution in [2.45, 2.75) is 37.8 Å². The number of nitrogens with zero attached hydrogens (tertiary/aromatic N) is 3. The summed E-state index contributed by atoms with van der Waals surface area (Å²) < 4.78 is 29.8. The molecule has 0 aliphatic carbocycles. The Balaban J connectivity index is 1.71. The van der Waals surface area contributed by atoms with Crippen LogP contribution in [0, 0.1) is 5.92 Å². The Hall–Kier alpha value is -1.71. The molecule has 1 saturated heterocycles. The fourth-order valence-electron chi connectivity index (χ4n) is 3.05. The van der Waals surface area contributed by atoms with Crippen LogP contribution in [-0.2, 0) is 14.8 Å². The summed E-state index contributed by atoms with van der Waals surface area (Å²) in [6.07, 6.45) is 4.37. The van der Waals surface area contributed by atoms with E-state index < -0.39 is 10.0 Å². The molecule has 1 aromatic heterocycles. The highest BCUT2D eigenvalue weighted by Gasteiger charge is 2.34. The van der Waals surface area contributed by atoms with Crippen molar-refractivity contribution in [3.8, 4) is 0 Å². The van der Waals surface area contributed by atoms with Crippen LogP contribution < -0.4 is 5.32 Å². The number of aromatic nitrogens is 2. The lowest BCUT2D eigenvalue weighted by molar-refractivity contribution is -0.120. The summed E-state index contributed by atoms with van der Waals surface area (Å²) in [7, 11) is -3.71. The molecule has 1 amide bonds. The van der Waals surface area contributed by atoms with Crippen LogP contribution in [0.4, 0.5) is 5.69 Å². The van der Waals surface area contributed by atoms with Crippen LogP contribution in [-0.4, -0.2) is 41.3 Å². The normalized spacial score (nSPS) is 18.6. The van der Waals surface area contributed by atoms with Gasteiger partial charge in [0.2, 0.25) is 5.91 Å². The molecule has 0 unspecified atom stereocenters. The topological polar surface area (TPSA) is 84.3 Å². The maximum Gasteiger partial charge on any atom is 0.262 e. The molecular formula is C18H23BrN4O3S. The van der Waals surface area contributed by atoms with Gasteiger partial charge in [0.1, 0.15) is 0 Å². The van der Waals surface area contributed by atoms with Gasteiger partial charge in [0.05, 0.1) is 12.2 Å². The van der Waals surface area contributed by atoms with Gasteiger partial charge in [0.25, 0.3) is 10.0 Å². The zero-order chi connectivity index (χ0) is 19.6. The first-order valence-corrected chi connectivity index (χ1v) is 11.1. The van der Waals surface area contributed by atoms with Gasteiger partial charge in [-0.05, 0) is 44.9 Å². The van der Waals surface area contributed by atoms with Crippen LogP contribution in [0.15, 0.2) is 46.3 Å². The lowest BCUT2D eigenvalue weighted by Crippen LogP contribution is -2.43. The van der Waals surface area contributed by atoms with Gasteiger partial charge in [-0.15, -0.1) is 0 Å². The lowest BCUT2D eigenvalue weighted by Gasteiger charge is -2.30. The highest BCUT2D eigenvalue weighted by molar-refractivity contribution is 9.10. The summed E-state index contributed by atoms with van der Waals surface area (Å²) in [6.45, 7) is 4.48. The second-order valence-electron chi connectivity index (χ2n) is 6.95. The number of carbonyl (C=O) groups excluding carboxylic acids is 1. The molecule has 9 heteroatoms. The molecule has 1 aromatic carbocycles. The van der Waals surface area contributed by atoms with Gasteiger partial charge in [-0.2, -0.15) is 4.31 Å². The standard InChI is InChI=1S/C18H23BrN4O3S/c1-13(2)22-11-17(20-12-22)27(25,26)23-8-4-5-14(10-23)18(24)21-16-7-3-6-15(19)9-16/h3,6-7,9,11-14H,4-5,8,10H2,1-2H3,(H,21,24)/t14-/m1/s1. The number of nitrogens with one attached hydrogen (secondary N) is 1. The molecule has 146 valence electrons. The summed E-state index contributed by atoms with van der Waals surface area (Å²) in [5.41, 5.74) is 0.685. The Bertz CT molecular complexity index is 926. The van der Waals surface area contributed by atoms with Gasteiger partial charge in [-0.3, -0.25) is 4.79 Å². The van der Waals surface area contributed by atoms with Crippen molar-refractivity contribution >= 4 is 37.5 Å². The quantitative estimate of drug-likeness (QED) is 0.750. The Labute approximate surface area is 168 Å². The number of anilines is 1. The molecule has 2 heterocycles. The molecule has 27 heavy (non-hydrogen) atoms. The van der Waals surface area contributed by atoms with E-state index >= 15 is 0 Å². The second-order valence-corrected chi connectivity index (χ2v) is 9.76. The number of hydrogen-bond acceptors (Lipinski definition) is 4. The number of amides is 1. The predicted octanol–water partition coefficient (Wildman–Crippen LogP) is 3.27. The van der Waals surface area contributed by atoms with Crippen molar-refractivity contribution < 1.29 is 13.2 Å². The summed E-state index contributed by atoms with van der Waals surface area (Å²) in [5, 5.41) is 2.90. The molecule has 2 aromatic rings. The molecule has 1 aliphatic rings. The zero-order valence-corrected chi connectivity index (χ0v) is 17.7. The maximum atomic E-state index is 12.9. The van der Waals surface area contributed by atoms with Crippen molar-refractivity contribution in [3.63, 3.8) is 0 Å².